The number of alkyl halides is 2. The van der Waals surface area contributed by atoms with Crippen LogP contribution in [0.1, 0.15) is 29.9 Å². The summed E-state index contributed by atoms with van der Waals surface area (Å²) in [6, 6.07) is 10.5. The van der Waals surface area contributed by atoms with E-state index in [9.17, 15) is 8.78 Å². The third-order valence-corrected chi connectivity index (χ3v) is 5.83. The van der Waals surface area contributed by atoms with E-state index in [4.69, 9.17) is 21.3 Å². The van der Waals surface area contributed by atoms with Gasteiger partial charge in [-0.1, -0.05) is 23.7 Å². The molecule has 0 N–H and O–H groups in total. The highest BCUT2D eigenvalue weighted by atomic mass is 35.5. The Morgan fingerprint density at radius 2 is 2.07 bits per heavy atom. The molecular weight excluding hydrogens is 386 g/mol. The van der Waals surface area contributed by atoms with E-state index in [1.54, 1.807) is 24.4 Å². The average molecular weight is 399 g/mol. The summed E-state index contributed by atoms with van der Waals surface area (Å²) in [5.74, 6) is 1.78. The Balaban J connectivity index is 1.71. The third kappa shape index (κ3) is 2.05. The number of halogens is 3. The molecule has 8 heteroatoms. The lowest BCUT2D eigenvalue weighted by atomic mass is 9.97. The van der Waals surface area contributed by atoms with Gasteiger partial charge in [0.1, 0.15) is 17.4 Å². The Hall–Kier alpha value is -2.93. The van der Waals surface area contributed by atoms with E-state index in [0.29, 0.717) is 17.0 Å². The molecule has 6 rings (SSSR count). The maximum Gasteiger partial charge on any atom is 0.387 e. The third-order valence-electron chi connectivity index (χ3n) is 5.60. The molecule has 0 amide bonds. The molecule has 0 radical (unpaired) electrons. The normalized spacial score (nSPS) is 19.4. The molecule has 2 aromatic carbocycles. The summed E-state index contributed by atoms with van der Waals surface area (Å²) < 4.78 is 35.3. The molecule has 2 atom stereocenters. The van der Waals surface area contributed by atoms with Crippen LogP contribution in [0.15, 0.2) is 48.8 Å². The fraction of sp³-hybridized carbons (Fsp3) is 0.200. The van der Waals surface area contributed by atoms with Gasteiger partial charge in [0.05, 0.1) is 23.1 Å². The molecule has 0 fully saturated rings. The number of imidazole rings is 2. The molecule has 0 spiro atoms. The standard InChI is InChI=1S/C20H13ClF2N4O/c21-10-4-5-12-13(8-10)27-14-9-15(19(27)25-12)26-7-6-24-18(26)11-2-1-3-16(17(11)14)28-20(22)23/h1-8,14-15,20H,9H2/t14-,15-/m0/s1. The molecule has 4 heterocycles. The van der Waals surface area contributed by atoms with E-state index in [1.165, 1.54) is 0 Å². The summed E-state index contributed by atoms with van der Waals surface area (Å²) in [5.41, 5.74) is 3.21. The second-order valence-electron chi connectivity index (χ2n) is 6.99. The predicted octanol–water partition coefficient (Wildman–Crippen LogP) is 5.05. The molecule has 0 saturated carbocycles. The van der Waals surface area contributed by atoms with Crippen LogP contribution in [0.2, 0.25) is 5.02 Å². The number of benzene rings is 2. The van der Waals surface area contributed by atoms with Crippen LogP contribution < -0.4 is 4.74 Å². The molecule has 2 aliphatic rings. The highest BCUT2D eigenvalue weighted by molar-refractivity contribution is 6.31. The fourth-order valence-corrected chi connectivity index (χ4v) is 4.78. The second-order valence-corrected chi connectivity index (χ2v) is 7.43. The Kier molecular flexibility index (Phi) is 3.18. The van der Waals surface area contributed by atoms with E-state index < -0.39 is 6.61 Å². The topological polar surface area (TPSA) is 44.9 Å². The summed E-state index contributed by atoms with van der Waals surface area (Å²) >= 11 is 6.24. The van der Waals surface area contributed by atoms with Crippen molar-refractivity contribution in [2.75, 3.05) is 0 Å². The van der Waals surface area contributed by atoms with Crippen molar-refractivity contribution in [3.8, 4) is 17.1 Å². The van der Waals surface area contributed by atoms with E-state index in [2.05, 4.69) is 14.1 Å². The summed E-state index contributed by atoms with van der Waals surface area (Å²) in [5, 5.41) is 0.607. The van der Waals surface area contributed by atoms with Gasteiger partial charge in [-0.3, -0.25) is 0 Å². The summed E-state index contributed by atoms with van der Waals surface area (Å²) in [6.45, 7) is -2.90. The van der Waals surface area contributed by atoms with Crippen molar-refractivity contribution in [1.82, 2.24) is 19.1 Å². The van der Waals surface area contributed by atoms with Gasteiger partial charge in [0.2, 0.25) is 0 Å². The van der Waals surface area contributed by atoms with Crippen molar-refractivity contribution in [2.24, 2.45) is 0 Å². The van der Waals surface area contributed by atoms with E-state index in [0.717, 1.165) is 28.2 Å². The van der Waals surface area contributed by atoms with Gasteiger partial charge in [0, 0.05) is 35.0 Å². The first-order valence-electron chi connectivity index (χ1n) is 8.90. The fourth-order valence-electron chi connectivity index (χ4n) is 4.61. The maximum absolute atomic E-state index is 13.1. The minimum Gasteiger partial charge on any atom is -0.434 e. The van der Waals surface area contributed by atoms with Crippen molar-refractivity contribution < 1.29 is 13.5 Å². The Morgan fingerprint density at radius 1 is 1.18 bits per heavy atom. The molecule has 28 heavy (non-hydrogen) atoms. The van der Waals surface area contributed by atoms with Crippen LogP contribution in [0, 0.1) is 0 Å². The van der Waals surface area contributed by atoms with Crippen LogP contribution in [0.3, 0.4) is 0 Å². The van der Waals surface area contributed by atoms with Crippen LogP contribution in [0.25, 0.3) is 22.4 Å². The molecule has 2 aromatic heterocycles. The van der Waals surface area contributed by atoms with Crippen LogP contribution in [0.4, 0.5) is 8.78 Å². The smallest absolute Gasteiger partial charge is 0.387 e. The second kappa shape index (κ2) is 5.54. The zero-order chi connectivity index (χ0) is 19.0. The van der Waals surface area contributed by atoms with Crippen LogP contribution in [-0.2, 0) is 0 Å². The molecular formula is C20H13ClF2N4O. The number of rotatable bonds is 2. The molecule has 2 aliphatic heterocycles. The molecule has 5 nitrogen and oxygen atoms in total. The van der Waals surface area contributed by atoms with Crippen molar-refractivity contribution in [3.63, 3.8) is 0 Å². The van der Waals surface area contributed by atoms with Gasteiger partial charge in [-0.2, -0.15) is 8.78 Å². The molecule has 4 aromatic rings. The van der Waals surface area contributed by atoms with Gasteiger partial charge in [0.15, 0.2) is 0 Å². The number of hydrogen-bond donors (Lipinski definition) is 0. The van der Waals surface area contributed by atoms with Gasteiger partial charge in [-0.25, -0.2) is 9.97 Å². The molecule has 0 saturated heterocycles. The van der Waals surface area contributed by atoms with Crippen LogP contribution in [0.5, 0.6) is 5.75 Å². The minimum absolute atomic E-state index is 0.0412. The van der Waals surface area contributed by atoms with Crippen molar-refractivity contribution in [1.29, 1.82) is 0 Å². The first-order chi connectivity index (χ1) is 13.6. The van der Waals surface area contributed by atoms with Gasteiger partial charge < -0.3 is 13.9 Å². The predicted molar refractivity (Wildman–Crippen MR) is 99.9 cm³/mol. The first kappa shape index (κ1) is 16.1. The number of ether oxygens (including phenoxy) is 1. The summed E-state index contributed by atoms with van der Waals surface area (Å²) in [4.78, 5) is 9.33. The maximum atomic E-state index is 13.1. The lowest BCUT2D eigenvalue weighted by Crippen LogP contribution is -2.13. The monoisotopic (exact) mass is 398 g/mol. The number of fused-ring (bicyclic) bond motifs is 6. The van der Waals surface area contributed by atoms with Gasteiger partial charge in [-0.05, 0) is 24.3 Å². The van der Waals surface area contributed by atoms with Crippen molar-refractivity contribution >= 4 is 22.6 Å². The van der Waals surface area contributed by atoms with E-state index in [1.807, 2.05) is 24.4 Å². The largest absolute Gasteiger partial charge is 0.434 e. The molecule has 0 aliphatic carbocycles. The minimum atomic E-state index is -2.90. The molecule has 140 valence electrons. The zero-order valence-corrected chi connectivity index (χ0v) is 15.1. The van der Waals surface area contributed by atoms with Gasteiger partial charge in [0.25, 0.3) is 0 Å². The Morgan fingerprint density at radius 3 is 2.93 bits per heavy atom. The average Bonchev–Trinajstić information content (AvgIpc) is 3.33. The van der Waals surface area contributed by atoms with Crippen LogP contribution in [-0.4, -0.2) is 25.7 Å². The first-order valence-corrected chi connectivity index (χ1v) is 9.28. The Bertz CT molecular complexity index is 1250. The zero-order valence-electron chi connectivity index (χ0n) is 14.4. The Labute approximate surface area is 163 Å². The highest BCUT2D eigenvalue weighted by Crippen LogP contribution is 2.51. The van der Waals surface area contributed by atoms with E-state index in [-0.39, 0.29) is 17.8 Å². The van der Waals surface area contributed by atoms with Crippen molar-refractivity contribution in [3.05, 3.63) is 65.2 Å². The number of nitrogens with zero attached hydrogens (tertiary/aromatic N) is 4. The number of aromatic nitrogens is 4. The molecule has 0 unspecified atom stereocenters. The highest BCUT2D eigenvalue weighted by Gasteiger charge is 2.42. The van der Waals surface area contributed by atoms with E-state index >= 15 is 0 Å². The SMILES string of the molecule is FC(F)Oc1cccc2c1[C@@H]1C[C@@H](c3nc4ccc(Cl)cc4n31)n1ccnc1-2. The number of hydrogen-bond acceptors (Lipinski definition) is 3. The van der Waals surface area contributed by atoms with Gasteiger partial charge >= 0.3 is 6.61 Å². The quantitative estimate of drug-likeness (QED) is 0.474. The summed E-state index contributed by atoms with van der Waals surface area (Å²) in [6.07, 6.45) is 4.32. The molecule has 2 bridgehead atoms. The summed E-state index contributed by atoms with van der Waals surface area (Å²) in [7, 11) is 0. The lowest BCUT2D eigenvalue weighted by Gasteiger charge is -2.21. The van der Waals surface area contributed by atoms with Crippen molar-refractivity contribution in [2.45, 2.75) is 25.1 Å². The lowest BCUT2D eigenvalue weighted by molar-refractivity contribution is -0.0506. The van der Waals surface area contributed by atoms with Crippen LogP contribution >= 0.6 is 11.6 Å². The van der Waals surface area contributed by atoms with Gasteiger partial charge in [-0.15, -0.1) is 0 Å².